The van der Waals surface area contributed by atoms with Gasteiger partial charge in [0.05, 0.1) is 5.69 Å². The van der Waals surface area contributed by atoms with Gasteiger partial charge in [-0.1, -0.05) is 48.5 Å². The van der Waals surface area contributed by atoms with Crippen LogP contribution in [-0.4, -0.2) is 11.0 Å². The van der Waals surface area contributed by atoms with E-state index in [0.29, 0.717) is 12.1 Å². The van der Waals surface area contributed by atoms with Gasteiger partial charge in [0.15, 0.2) is 0 Å². The number of nitrogens with two attached hydrogens (primary N) is 1. The molecule has 0 atom stereocenters. The van der Waals surface area contributed by atoms with Crippen LogP contribution < -0.4 is 10.9 Å². The average molecular weight is 292 g/mol. The second-order valence-corrected chi connectivity index (χ2v) is 7.51. The third-order valence-electron chi connectivity index (χ3n) is 3.56. The molecule has 0 bridgehead atoms. The second-order valence-electron chi connectivity index (χ2n) is 7.51. The number of carbonyl (C=O) groups excluding carboxylic acids is 1. The Balaban J connectivity index is 3.59. The van der Waals surface area contributed by atoms with Gasteiger partial charge in [0.2, 0.25) is 5.91 Å². The third kappa shape index (κ3) is 3.76. The van der Waals surface area contributed by atoms with Crippen molar-refractivity contribution in [3.63, 3.8) is 0 Å². The zero-order valence-corrected chi connectivity index (χ0v) is 14.2. The quantitative estimate of drug-likeness (QED) is 0.497. The van der Waals surface area contributed by atoms with Gasteiger partial charge in [-0.3, -0.25) is 4.79 Å². The van der Waals surface area contributed by atoms with Crippen molar-refractivity contribution in [2.24, 2.45) is 5.84 Å². The molecule has 3 N–H and O–H groups in total. The fraction of sp³-hybridized carbons (Fsp3) is 0.588. The van der Waals surface area contributed by atoms with Crippen LogP contribution in [0.25, 0.3) is 0 Å². The molecule has 0 aromatic heterocycles. The van der Waals surface area contributed by atoms with Gasteiger partial charge in [-0.15, -0.1) is 0 Å². The van der Waals surface area contributed by atoms with E-state index in [1.807, 2.05) is 41.5 Å². The molecule has 4 heteroatoms. The number of hydrogen-bond donors (Lipinski definition) is 2. The standard InChI is InChI=1S/C17H28N2O2/c1-8-14(20)19(18)11-9-12(16(2,3)4)15(21)13(10-11)17(5,6)7/h9-10,21H,8,18H2,1-7H3. The molecule has 0 heterocycles. The Morgan fingerprint density at radius 3 is 1.76 bits per heavy atom. The molecule has 0 unspecified atom stereocenters. The fourth-order valence-electron chi connectivity index (χ4n) is 2.22. The molecule has 1 amide bonds. The zero-order valence-electron chi connectivity index (χ0n) is 14.2. The number of phenols is 1. The van der Waals surface area contributed by atoms with Crippen LogP contribution in [-0.2, 0) is 15.6 Å². The van der Waals surface area contributed by atoms with E-state index in [2.05, 4.69) is 0 Å². The van der Waals surface area contributed by atoms with E-state index in [-0.39, 0.29) is 22.5 Å². The van der Waals surface area contributed by atoms with Crippen LogP contribution in [0.15, 0.2) is 12.1 Å². The van der Waals surface area contributed by atoms with E-state index in [4.69, 9.17) is 5.84 Å². The molecular formula is C17H28N2O2. The number of anilines is 1. The topological polar surface area (TPSA) is 66.6 Å². The van der Waals surface area contributed by atoms with Crippen molar-refractivity contribution in [2.75, 3.05) is 5.01 Å². The van der Waals surface area contributed by atoms with Crippen LogP contribution in [0.5, 0.6) is 5.75 Å². The summed E-state index contributed by atoms with van der Waals surface area (Å²) in [6.45, 7) is 13.9. The van der Waals surface area contributed by atoms with Gasteiger partial charge in [0.25, 0.3) is 0 Å². The van der Waals surface area contributed by atoms with Gasteiger partial charge in [-0.2, -0.15) is 0 Å². The molecule has 0 radical (unpaired) electrons. The molecule has 0 aliphatic heterocycles. The summed E-state index contributed by atoms with van der Waals surface area (Å²) in [6.07, 6.45) is 0.340. The summed E-state index contributed by atoms with van der Waals surface area (Å²) >= 11 is 0. The first-order valence-corrected chi connectivity index (χ1v) is 7.35. The number of hydrogen-bond acceptors (Lipinski definition) is 3. The highest BCUT2D eigenvalue weighted by Crippen LogP contribution is 2.41. The van der Waals surface area contributed by atoms with Crippen LogP contribution in [0.2, 0.25) is 0 Å². The highest BCUT2D eigenvalue weighted by atomic mass is 16.3. The number of phenolic OH excluding ortho intramolecular Hbond substituents is 1. The monoisotopic (exact) mass is 292 g/mol. The first-order chi connectivity index (χ1) is 9.39. The van der Waals surface area contributed by atoms with Crippen molar-refractivity contribution < 1.29 is 9.90 Å². The number of rotatable bonds is 2. The maximum absolute atomic E-state index is 11.9. The highest BCUT2D eigenvalue weighted by molar-refractivity contribution is 5.92. The zero-order chi connectivity index (χ0) is 16.6. The number of benzene rings is 1. The van der Waals surface area contributed by atoms with Crippen LogP contribution in [0, 0.1) is 0 Å². The summed E-state index contributed by atoms with van der Waals surface area (Å²) in [6, 6.07) is 3.61. The summed E-state index contributed by atoms with van der Waals surface area (Å²) in [7, 11) is 0. The highest BCUT2D eigenvalue weighted by Gasteiger charge is 2.27. The minimum Gasteiger partial charge on any atom is -0.507 e. The van der Waals surface area contributed by atoms with Crippen LogP contribution in [0.3, 0.4) is 0 Å². The summed E-state index contributed by atoms with van der Waals surface area (Å²) < 4.78 is 0. The predicted octanol–water partition coefficient (Wildman–Crippen LogP) is 3.60. The smallest absolute Gasteiger partial charge is 0.240 e. The molecular weight excluding hydrogens is 264 g/mol. The first-order valence-electron chi connectivity index (χ1n) is 7.35. The Kier molecular flexibility index (Phi) is 4.73. The number of nitrogens with zero attached hydrogens (tertiary/aromatic N) is 1. The maximum atomic E-state index is 11.9. The van der Waals surface area contributed by atoms with E-state index in [0.717, 1.165) is 11.1 Å². The summed E-state index contributed by atoms with van der Waals surface area (Å²) in [5, 5.41) is 11.8. The van der Waals surface area contributed by atoms with E-state index >= 15 is 0 Å². The van der Waals surface area contributed by atoms with Gasteiger partial charge < -0.3 is 5.11 Å². The minimum atomic E-state index is -0.240. The molecule has 4 nitrogen and oxygen atoms in total. The van der Waals surface area contributed by atoms with Crippen molar-refractivity contribution in [3.8, 4) is 5.75 Å². The van der Waals surface area contributed by atoms with Gasteiger partial charge in [-0.05, 0) is 23.0 Å². The molecule has 1 rings (SSSR count). The van der Waals surface area contributed by atoms with Crippen LogP contribution >= 0.6 is 0 Å². The van der Waals surface area contributed by atoms with E-state index in [9.17, 15) is 9.90 Å². The molecule has 0 fully saturated rings. The Bertz CT molecular complexity index is 502. The number of carbonyl (C=O) groups is 1. The molecule has 118 valence electrons. The molecule has 0 aliphatic rings. The van der Waals surface area contributed by atoms with E-state index in [1.165, 1.54) is 5.01 Å². The Morgan fingerprint density at radius 1 is 1.10 bits per heavy atom. The second kappa shape index (κ2) is 5.68. The molecule has 1 aromatic rings. The normalized spacial score (nSPS) is 12.4. The van der Waals surface area contributed by atoms with Crippen molar-refractivity contribution in [2.45, 2.75) is 65.7 Å². The Hall–Kier alpha value is -1.55. The molecule has 0 saturated heterocycles. The molecule has 0 aliphatic carbocycles. The summed E-state index contributed by atoms with van der Waals surface area (Å²) in [4.78, 5) is 11.9. The first kappa shape index (κ1) is 17.5. The number of amides is 1. The van der Waals surface area contributed by atoms with Crippen molar-refractivity contribution in [1.82, 2.24) is 0 Å². The van der Waals surface area contributed by atoms with E-state index in [1.54, 1.807) is 19.1 Å². The number of hydrazine groups is 1. The van der Waals surface area contributed by atoms with E-state index < -0.39 is 0 Å². The Morgan fingerprint density at radius 2 is 1.48 bits per heavy atom. The maximum Gasteiger partial charge on any atom is 0.240 e. The van der Waals surface area contributed by atoms with Gasteiger partial charge >= 0.3 is 0 Å². The molecule has 0 spiro atoms. The minimum absolute atomic E-state index is 0.152. The van der Waals surface area contributed by atoms with Crippen LogP contribution in [0.4, 0.5) is 5.69 Å². The lowest BCUT2D eigenvalue weighted by molar-refractivity contribution is -0.118. The third-order valence-corrected chi connectivity index (χ3v) is 3.56. The molecule has 1 aromatic carbocycles. The van der Waals surface area contributed by atoms with Crippen LogP contribution in [0.1, 0.15) is 66.0 Å². The lowest BCUT2D eigenvalue weighted by Gasteiger charge is -2.29. The van der Waals surface area contributed by atoms with Crippen molar-refractivity contribution in [3.05, 3.63) is 23.3 Å². The van der Waals surface area contributed by atoms with Crippen molar-refractivity contribution >= 4 is 11.6 Å². The lowest BCUT2D eigenvalue weighted by atomic mass is 9.79. The van der Waals surface area contributed by atoms with Gasteiger partial charge in [0.1, 0.15) is 5.75 Å². The van der Waals surface area contributed by atoms with Gasteiger partial charge in [0, 0.05) is 17.5 Å². The Labute approximate surface area is 127 Å². The predicted molar refractivity (Wildman–Crippen MR) is 87.5 cm³/mol. The SMILES string of the molecule is CCC(=O)N(N)c1cc(C(C)(C)C)c(O)c(C(C)(C)C)c1. The fourth-order valence-corrected chi connectivity index (χ4v) is 2.22. The summed E-state index contributed by atoms with van der Waals surface area (Å²) in [5.74, 6) is 6.06. The summed E-state index contributed by atoms with van der Waals surface area (Å²) in [5.41, 5.74) is 1.73. The largest absolute Gasteiger partial charge is 0.507 e. The van der Waals surface area contributed by atoms with Crippen molar-refractivity contribution in [1.29, 1.82) is 0 Å². The number of aromatic hydroxyl groups is 1. The molecule has 0 saturated carbocycles. The molecule has 21 heavy (non-hydrogen) atoms. The lowest BCUT2D eigenvalue weighted by Crippen LogP contribution is -2.37. The van der Waals surface area contributed by atoms with Gasteiger partial charge in [-0.25, -0.2) is 10.9 Å². The average Bonchev–Trinajstić information content (AvgIpc) is 2.34.